The van der Waals surface area contributed by atoms with Crippen LogP contribution in [0.15, 0.2) is 48.5 Å². The number of hydrogen-bond donors (Lipinski definition) is 2. The molecule has 2 nitrogen and oxygen atoms in total. The molecule has 0 amide bonds. The summed E-state index contributed by atoms with van der Waals surface area (Å²) >= 11 is 6.78. The highest BCUT2D eigenvalue weighted by atomic mass is 35.5. The van der Waals surface area contributed by atoms with Crippen LogP contribution in [-0.2, 0) is 6.54 Å². The van der Waals surface area contributed by atoms with Crippen LogP contribution in [0.1, 0.15) is 25.3 Å². The van der Waals surface area contributed by atoms with Gasteiger partial charge in [0.15, 0.2) is 0 Å². The lowest BCUT2D eigenvalue weighted by Gasteiger charge is -2.38. The zero-order valence-corrected chi connectivity index (χ0v) is 16.2. The Morgan fingerprint density at radius 3 is 2.15 bits per heavy atom. The second-order valence-corrected chi connectivity index (χ2v) is 8.54. The molecule has 0 spiro atoms. The molecule has 2 aliphatic rings. The molecule has 2 saturated heterocycles. The van der Waals surface area contributed by atoms with Crippen molar-refractivity contribution in [3.8, 4) is 0 Å². The zero-order valence-electron chi connectivity index (χ0n) is 15.4. The Morgan fingerprint density at radius 1 is 0.885 bits per heavy atom. The summed E-state index contributed by atoms with van der Waals surface area (Å²) in [5.74, 6) is 0. The van der Waals surface area contributed by atoms with Gasteiger partial charge in [-0.2, -0.15) is 0 Å². The molecule has 0 aromatic heterocycles. The van der Waals surface area contributed by atoms with E-state index in [0.717, 1.165) is 23.7 Å². The summed E-state index contributed by atoms with van der Waals surface area (Å²) in [6, 6.07) is 18.9. The van der Waals surface area contributed by atoms with Crippen LogP contribution in [-0.4, -0.2) is 31.7 Å². The number of fused-ring (bicyclic) bond motifs is 3. The number of hydrogen-bond acceptors (Lipinski definition) is 0. The number of piperazine rings is 1. The molecule has 2 N–H and O–H groups in total. The van der Waals surface area contributed by atoms with Crippen LogP contribution in [0.4, 0.5) is 0 Å². The third-order valence-electron chi connectivity index (χ3n) is 6.93. The van der Waals surface area contributed by atoms with Crippen LogP contribution >= 0.6 is 11.6 Å². The third-order valence-corrected chi connectivity index (χ3v) is 7.34. The molecule has 2 unspecified atom stereocenters. The molecule has 0 bridgehead atoms. The zero-order chi connectivity index (χ0) is 17.7. The van der Waals surface area contributed by atoms with E-state index in [9.17, 15) is 0 Å². The predicted octanol–water partition coefficient (Wildman–Crippen LogP) is 2.48. The molecular formula is C23H27ClN2+2. The molecular weight excluding hydrogens is 340 g/mol. The summed E-state index contributed by atoms with van der Waals surface area (Å²) in [5, 5.41) is 5.95. The molecule has 0 radical (unpaired) electrons. The van der Waals surface area contributed by atoms with Crippen LogP contribution in [0, 0.1) is 0 Å². The highest BCUT2D eigenvalue weighted by molar-refractivity contribution is 6.41. The van der Waals surface area contributed by atoms with Crippen molar-refractivity contribution < 1.29 is 9.80 Å². The molecule has 3 aromatic rings. The van der Waals surface area contributed by atoms with E-state index in [4.69, 9.17) is 11.6 Å². The first kappa shape index (κ1) is 16.6. The topological polar surface area (TPSA) is 8.88 Å². The summed E-state index contributed by atoms with van der Waals surface area (Å²) in [5.41, 5.74) is 1.48. The number of rotatable bonds is 2. The van der Waals surface area contributed by atoms with E-state index in [1.165, 1.54) is 59.6 Å². The predicted molar refractivity (Wildman–Crippen MR) is 109 cm³/mol. The minimum absolute atomic E-state index is 0.731. The van der Waals surface area contributed by atoms with Crippen molar-refractivity contribution in [1.29, 1.82) is 0 Å². The lowest BCUT2D eigenvalue weighted by atomic mass is 9.94. The van der Waals surface area contributed by atoms with Crippen molar-refractivity contribution in [2.45, 2.75) is 38.4 Å². The molecule has 134 valence electrons. The van der Waals surface area contributed by atoms with E-state index in [1.54, 1.807) is 4.90 Å². The van der Waals surface area contributed by atoms with E-state index >= 15 is 0 Å². The summed E-state index contributed by atoms with van der Waals surface area (Å²) in [6.07, 6.45) is 2.81. The van der Waals surface area contributed by atoms with Crippen LogP contribution in [0.25, 0.3) is 21.5 Å². The maximum atomic E-state index is 6.78. The molecule has 0 aliphatic carbocycles. The highest BCUT2D eigenvalue weighted by Crippen LogP contribution is 2.35. The average molecular weight is 367 g/mol. The van der Waals surface area contributed by atoms with Crippen molar-refractivity contribution in [2.24, 2.45) is 0 Å². The second kappa shape index (κ2) is 6.53. The Hall–Kier alpha value is -1.61. The van der Waals surface area contributed by atoms with Gasteiger partial charge >= 0.3 is 0 Å². The second-order valence-electron chi connectivity index (χ2n) is 8.16. The van der Waals surface area contributed by atoms with Crippen molar-refractivity contribution in [3.05, 3.63) is 59.1 Å². The lowest BCUT2D eigenvalue weighted by molar-refractivity contribution is -1.04. The Balaban J connectivity index is 1.62. The number of nitrogens with one attached hydrogen (secondary N) is 2. The van der Waals surface area contributed by atoms with Crippen molar-refractivity contribution in [2.75, 3.05) is 19.6 Å². The van der Waals surface area contributed by atoms with Gasteiger partial charge in [-0.1, -0.05) is 60.1 Å². The van der Waals surface area contributed by atoms with E-state index in [1.807, 2.05) is 4.90 Å². The van der Waals surface area contributed by atoms with Gasteiger partial charge < -0.3 is 9.80 Å². The summed E-state index contributed by atoms with van der Waals surface area (Å²) in [6.45, 7) is 7.56. The fraction of sp³-hybridized carbons (Fsp3) is 0.391. The summed E-state index contributed by atoms with van der Waals surface area (Å²) in [7, 11) is 0. The number of halogens is 1. The van der Waals surface area contributed by atoms with Gasteiger partial charge in [-0.05, 0) is 17.7 Å². The first-order valence-electron chi connectivity index (χ1n) is 10.0. The van der Waals surface area contributed by atoms with Gasteiger partial charge in [0.2, 0.25) is 0 Å². The largest absolute Gasteiger partial charge is 0.323 e. The fourth-order valence-electron chi connectivity index (χ4n) is 5.52. The maximum Gasteiger partial charge on any atom is 0.140 e. The maximum absolute atomic E-state index is 6.78. The number of benzene rings is 3. The van der Waals surface area contributed by atoms with Gasteiger partial charge in [0.1, 0.15) is 31.7 Å². The average Bonchev–Trinajstić information content (AvgIpc) is 3.16. The summed E-state index contributed by atoms with van der Waals surface area (Å²) in [4.78, 5) is 3.60. The Labute approximate surface area is 160 Å². The molecule has 2 heterocycles. The van der Waals surface area contributed by atoms with E-state index in [-0.39, 0.29) is 0 Å². The Bertz CT molecular complexity index is 910. The van der Waals surface area contributed by atoms with E-state index in [0.29, 0.717) is 0 Å². The highest BCUT2D eigenvalue weighted by Gasteiger charge is 2.43. The molecule has 26 heavy (non-hydrogen) atoms. The van der Waals surface area contributed by atoms with Crippen molar-refractivity contribution >= 4 is 33.1 Å². The van der Waals surface area contributed by atoms with Gasteiger partial charge in [0.25, 0.3) is 0 Å². The van der Waals surface area contributed by atoms with E-state index < -0.39 is 0 Å². The third kappa shape index (κ3) is 2.55. The fourth-order valence-corrected chi connectivity index (χ4v) is 5.85. The standard InChI is InChI=1S/C23H25ClN2/c1-16-22-11-6-12-25(22)13-14-26(16)15-21-17-7-2-4-9-19(17)23(24)20-10-5-3-8-18(20)21/h2-5,7-10,16,22H,6,11-15H2,1H3/p+2/t16-,22+/m0/s1. The van der Waals surface area contributed by atoms with Crippen molar-refractivity contribution in [1.82, 2.24) is 0 Å². The molecule has 3 aromatic carbocycles. The summed E-state index contributed by atoms with van der Waals surface area (Å²) < 4.78 is 0. The van der Waals surface area contributed by atoms with E-state index in [2.05, 4.69) is 55.5 Å². The Morgan fingerprint density at radius 2 is 1.50 bits per heavy atom. The smallest absolute Gasteiger partial charge is 0.140 e. The normalized spacial score (nSPS) is 28.5. The van der Waals surface area contributed by atoms with Crippen LogP contribution in [0.3, 0.4) is 0 Å². The minimum Gasteiger partial charge on any atom is -0.323 e. The van der Waals surface area contributed by atoms with Gasteiger partial charge in [-0.15, -0.1) is 0 Å². The van der Waals surface area contributed by atoms with Crippen LogP contribution in [0.5, 0.6) is 0 Å². The lowest BCUT2D eigenvalue weighted by Crippen LogP contribution is -3.31. The first-order chi connectivity index (χ1) is 12.7. The minimum atomic E-state index is 0.731. The monoisotopic (exact) mass is 366 g/mol. The van der Waals surface area contributed by atoms with Crippen LogP contribution < -0.4 is 9.80 Å². The van der Waals surface area contributed by atoms with Gasteiger partial charge in [-0.3, -0.25) is 0 Å². The van der Waals surface area contributed by atoms with Gasteiger partial charge in [0, 0.05) is 29.2 Å². The first-order valence-corrected chi connectivity index (χ1v) is 10.4. The molecule has 0 saturated carbocycles. The molecule has 4 atom stereocenters. The van der Waals surface area contributed by atoms with Crippen molar-refractivity contribution in [3.63, 3.8) is 0 Å². The quantitative estimate of drug-likeness (QED) is 0.645. The van der Waals surface area contributed by atoms with Gasteiger partial charge in [0.05, 0.1) is 11.6 Å². The number of quaternary nitrogens is 2. The van der Waals surface area contributed by atoms with Crippen LogP contribution in [0.2, 0.25) is 5.02 Å². The molecule has 2 fully saturated rings. The molecule has 3 heteroatoms. The SMILES string of the molecule is C[C@H]1[C@H]2CCC[NH+]2CC[NH+]1Cc1c2ccccc2c(Cl)c2ccccc12. The van der Waals surface area contributed by atoms with Gasteiger partial charge in [-0.25, -0.2) is 0 Å². The molecule has 5 rings (SSSR count). The Kier molecular flexibility index (Phi) is 4.16. The molecule has 2 aliphatic heterocycles.